The number of aryl methyl sites for hydroxylation is 1. The van der Waals surface area contributed by atoms with Crippen LogP contribution in [0.2, 0.25) is 5.02 Å². The van der Waals surface area contributed by atoms with Gasteiger partial charge in [0, 0.05) is 11.1 Å². The third-order valence-electron chi connectivity index (χ3n) is 3.20. The van der Waals surface area contributed by atoms with E-state index < -0.39 is 0 Å². The van der Waals surface area contributed by atoms with E-state index in [-0.39, 0.29) is 6.10 Å². The minimum atomic E-state index is -0.224. The summed E-state index contributed by atoms with van der Waals surface area (Å²) in [5, 5.41) is 14.1. The Morgan fingerprint density at radius 1 is 1.38 bits per heavy atom. The average Bonchev–Trinajstić information content (AvgIpc) is 2.81. The molecule has 0 amide bonds. The van der Waals surface area contributed by atoms with Crippen LogP contribution in [-0.4, -0.2) is 23.8 Å². The molecule has 2 atom stereocenters. The molecule has 1 aliphatic heterocycles. The van der Waals surface area contributed by atoms with Gasteiger partial charge >= 0.3 is 0 Å². The smallest absolute Gasteiger partial charge is 0.0696 e. The second-order valence-electron chi connectivity index (χ2n) is 4.44. The molecular weight excluding hydrogens is 222 g/mol. The Labute approximate surface area is 102 Å². The van der Waals surface area contributed by atoms with Crippen molar-refractivity contribution >= 4 is 11.6 Å². The van der Waals surface area contributed by atoms with E-state index in [1.807, 2.05) is 24.3 Å². The number of rotatable bonds is 4. The fourth-order valence-corrected chi connectivity index (χ4v) is 2.33. The fourth-order valence-electron chi connectivity index (χ4n) is 2.21. The molecule has 16 heavy (non-hydrogen) atoms. The molecule has 1 aromatic carbocycles. The molecule has 2 nitrogen and oxygen atoms in total. The molecule has 0 saturated carbocycles. The summed E-state index contributed by atoms with van der Waals surface area (Å²) in [6.07, 6.45) is 3.79. The first-order valence-electron chi connectivity index (χ1n) is 5.91. The molecule has 1 heterocycles. The fraction of sp³-hybridized carbons (Fsp3) is 0.538. The first kappa shape index (κ1) is 11.9. The van der Waals surface area contributed by atoms with Crippen molar-refractivity contribution in [2.75, 3.05) is 6.54 Å². The quantitative estimate of drug-likeness (QED) is 0.846. The Balaban J connectivity index is 1.80. The average molecular weight is 240 g/mol. The van der Waals surface area contributed by atoms with Crippen LogP contribution in [0.25, 0.3) is 0 Å². The Morgan fingerprint density at radius 3 is 2.75 bits per heavy atom. The van der Waals surface area contributed by atoms with E-state index in [4.69, 9.17) is 11.6 Å². The number of hydrogen-bond donors (Lipinski definition) is 2. The molecule has 1 aromatic rings. The van der Waals surface area contributed by atoms with Gasteiger partial charge in [-0.3, -0.25) is 0 Å². The maximum Gasteiger partial charge on any atom is 0.0696 e. The summed E-state index contributed by atoms with van der Waals surface area (Å²) in [4.78, 5) is 0. The highest BCUT2D eigenvalue weighted by Gasteiger charge is 2.21. The molecule has 2 N–H and O–H groups in total. The van der Waals surface area contributed by atoms with Crippen LogP contribution in [0.3, 0.4) is 0 Å². The molecule has 1 aliphatic rings. The first-order chi connectivity index (χ1) is 7.75. The van der Waals surface area contributed by atoms with Crippen LogP contribution >= 0.6 is 11.6 Å². The molecule has 2 rings (SSSR count). The standard InChI is InChI=1S/C13H18ClNO/c14-11-6-3-10(4-7-11)5-8-13(16)12-2-1-9-15-12/h3-4,6-7,12-13,15-16H,1-2,5,8-9H2. The monoisotopic (exact) mass is 239 g/mol. The molecular formula is C13H18ClNO. The molecule has 0 spiro atoms. The van der Waals surface area contributed by atoms with E-state index in [0.717, 1.165) is 30.8 Å². The zero-order valence-electron chi connectivity index (χ0n) is 9.32. The zero-order chi connectivity index (χ0) is 11.4. The van der Waals surface area contributed by atoms with Gasteiger partial charge in [0.05, 0.1) is 6.10 Å². The molecule has 0 aromatic heterocycles. The van der Waals surface area contributed by atoms with Crippen molar-refractivity contribution in [2.45, 2.75) is 37.8 Å². The van der Waals surface area contributed by atoms with Gasteiger partial charge in [0.15, 0.2) is 0 Å². The van der Waals surface area contributed by atoms with Crippen molar-refractivity contribution in [3.63, 3.8) is 0 Å². The third-order valence-corrected chi connectivity index (χ3v) is 3.46. The van der Waals surface area contributed by atoms with E-state index in [1.165, 1.54) is 12.0 Å². The summed E-state index contributed by atoms with van der Waals surface area (Å²) in [7, 11) is 0. The first-order valence-corrected chi connectivity index (χ1v) is 6.29. The van der Waals surface area contributed by atoms with Crippen LogP contribution in [0.1, 0.15) is 24.8 Å². The Bertz CT molecular complexity index is 319. The van der Waals surface area contributed by atoms with Crippen LogP contribution in [-0.2, 0) is 6.42 Å². The maximum atomic E-state index is 9.98. The largest absolute Gasteiger partial charge is 0.391 e. The van der Waals surface area contributed by atoms with E-state index in [1.54, 1.807) is 0 Å². The highest BCUT2D eigenvalue weighted by atomic mass is 35.5. The number of hydrogen-bond acceptors (Lipinski definition) is 2. The number of halogens is 1. The maximum absolute atomic E-state index is 9.98. The molecule has 0 bridgehead atoms. The van der Waals surface area contributed by atoms with Crippen molar-refractivity contribution < 1.29 is 5.11 Å². The number of aliphatic hydroxyl groups excluding tert-OH is 1. The molecule has 2 unspecified atom stereocenters. The van der Waals surface area contributed by atoms with Gasteiger partial charge in [-0.05, 0) is 49.9 Å². The summed E-state index contributed by atoms with van der Waals surface area (Å²) < 4.78 is 0. The lowest BCUT2D eigenvalue weighted by molar-refractivity contribution is 0.127. The van der Waals surface area contributed by atoms with Crippen molar-refractivity contribution in [1.29, 1.82) is 0 Å². The van der Waals surface area contributed by atoms with Gasteiger partial charge in [0.25, 0.3) is 0 Å². The molecule has 1 fully saturated rings. The van der Waals surface area contributed by atoms with Gasteiger partial charge in [0.2, 0.25) is 0 Å². The highest BCUT2D eigenvalue weighted by Crippen LogP contribution is 2.15. The van der Waals surface area contributed by atoms with Crippen LogP contribution in [0.15, 0.2) is 24.3 Å². The minimum Gasteiger partial charge on any atom is -0.391 e. The molecule has 3 heteroatoms. The van der Waals surface area contributed by atoms with Crippen molar-refractivity contribution in [3.8, 4) is 0 Å². The minimum absolute atomic E-state index is 0.224. The van der Waals surface area contributed by atoms with Gasteiger partial charge in [-0.25, -0.2) is 0 Å². The van der Waals surface area contributed by atoms with Gasteiger partial charge in [-0.1, -0.05) is 23.7 Å². The molecule has 0 radical (unpaired) electrons. The Hall–Kier alpha value is -0.570. The van der Waals surface area contributed by atoms with Crippen LogP contribution < -0.4 is 5.32 Å². The lowest BCUT2D eigenvalue weighted by atomic mass is 10.0. The zero-order valence-corrected chi connectivity index (χ0v) is 10.1. The third kappa shape index (κ3) is 3.21. The van der Waals surface area contributed by atoms with Crippen molar-refractivity contribution in [1.82, 2.24) is 5.32 Å². The van der Waals surface area contributed by atoms with Crippen molar-refractivity contribution in [3.05, 3.63) is 34.9 Å². The summed E-state index contributed by atoms with van der Waals surface area (Å²) in [5.74, 6) is 0. The van der Waals surface area contributed by atoms with E-state index >= 15 is 0 Å². The van der Waals surface area contributed by atoms with Gasteiger partial charge < -0.3 is 10.4 Å². The summed E-state index contributed by atoms with van der Waals surface area (Å²) in [5.41, 5.74) is 1.24. The number of nitrogens with one attached hydrogen (secondary N) is 1. The van der Waals surface area contributed by atoms with Gasteiger partial charge in [-0.2, -0.15) is 0 Å². The Morgan fingerprint density at radius 2 is 2.12 bits per heavy atom. The lowest BCUT2D eigenvalue weighted by Crippen LogP contribution is -2.34. The molecule has 1 saturated heterocycles. The molecule has 88 valence electrons. The predicted octanol–water partition coefficient (Wildman–Crippen LogP) is 2.39. The van der Waals surface area contributed by atoms with Crippen LogP contribution in [0.5, 0.6) is 0 Å². The topological polar surface area (TPSA) is 32.3 Å². The number of aliphatic hydroxyl groups is 1. The van der Waals surface area contributed by atoms with E-state index in [9.17, 15) is 5.11 Å². The van der Waals surface area contributed by atoms with Crippen molar-refractivity contribution in [2.24, 2.45) is 0 Å². The van der Waals surface area contributed by atoms with Gasteiger partial charge in [-0.15, -0.1) is 0 Å². The summed E-state index contributed by atoms with van der Waals surface area (Å²) in [6, 6.07) is 8.15. The van der Waals surface area contributed by atoms with Gasteiger partial charge in [0.1, 0.15) is 0 Å². The van der Waals surface area contributed by atoms with E-state index in [0.29, 0.717) is 6.04 Å². The SMILES string of the molecule is OC(CCc1ccc(Cl)cc1)C1CCCN1. The van der Waals surface area contributed by atoms with Crippen LogP contribution in [0, 0.1) is 0 Å². The summed E-state index contributed by atoms with van der Waals surface area (Å²) in [6.45, 7) is 1.04. The van der Waals surface area contributed by atoms with E-state index in [2.05, 4.69) is 5.32 Å². The highest BCUT2D eigenvalue weighted by molar-refractivity contribution is 6.30. The molecule has 0 aliphatic carbocycles. The summed E-state index contributed by atoms with van der Waals surface area (Å²) >= 11 is 5.82. The second kappa shape index (κ2) is 5.67. The number of benzene rings is 1. The normalized spacial score (nSPS) is 22.2. The second-order valence-corrected chi connectivity index (χ2v) is 4.87. The van der Waals surface area contributed by atoms with Crippen LogP contribution in [0.4, 0.5) is 0 Å². The predicted molar refractivity (Wildman–Crippen MR) is 66.8 cm³/mol. The lowest BCUT2D eigenvalue weighted by Gasteiger charge is -2.18. The Kier molecular flexibility index (Phi) is 4.22.